The minimum absolute atomic E-state index is 0.0197. The van der Waals surface area contributed by atoms with Gasteiger partial charge < -0.3 is 71.3 Å². The van der Waals surface area contributed by atoms with Crippen molar-refractivity contribution in [3.8, 4) is 0 Å². The quantitative estimate of drug-likeness (QED) is 0.0359. The Morgan fingerprint density at radius 1 is 0.922 bits per heavy atom. The molecule has 31 nitrogen and oxygen atoms in total. The average Bonchev–Trinajstić information content (AvgIpc) is 3.73. The van der Waals surface area contributed by atoms with Crippen molar-refractivity contribution >= 4 is 87.0 Å². The highest BCUT2D eigenvalue weighted by Crippen LogP contribution is 2.61. The molecule has 35 heteroatoms. The number of aliphatic carboxylic acids is 3. The maximum Gasteiger partial charge on any atom is 0.481 e. The van der Waals surface area contributed by atoms with Gasteiger partial charge in [0.1, 0.15) is 36.3 Å². The van der Waals surface area contributed by atoms with Crippen LogP contribution in [0, 0.1) is 5.41 Å². The number of carboxylic acids is 3. The first-order valence-corrected chi connectivity index (χ1v) is 23.3. The standard InChI is InChI=1S/C25H40N7O19P3S.C4H6O5/c1-25(2,20(38)23(39)28-6-5-14(33)27-7-8-55-16(36)4-3-15(34)35)10-48-54(45,46)51-53(43,44)47-9-13-19(50-52(40,41)42)18(37)24(49-13)32-12-31-17-21(26)29-11-30-22(17)32;5-2(4(8)9)1-3(6)7/h11-13,18-20,24,37-38H,3-10H2,1-2H3,(H,27,33)(H,28,39)(H,34,35)(H,43,44)(H,45,46)(H2,26,29,30)(H2,40,41,42);2,5H,1H2,(H,6,7)(H,8,9)/t13-,18-,19-,20+,24-;2-/m10/s1. The molecule has 8 atom stereocenters. The Morgan fingerprint density at radius 3 is 2.14 bits per heavy atom. The lowest BCUT2D eigenvalue weighted by Crippen LogP contribution is -2.46. The maximum atomic E-state index is 12.6. The lowest BCUT2D eigenvalue weighted by Gasteiger charge is -2.30. The van der Waals surface area contributed by atoms with Crippen LogP contribution in [0.4, 0.5) is 5.82 Å². The van der Waals surface area contributed by atoms with Gasteiger partial charge in [-0.3, -0.25) is 42.1 Å². The van der Waals surface area contributed by atoms with Crippen molar-refractivity contribution in [3.63, 3.8) is 0 Å². The molecule has 2 aromatic heterocycles. The van der Waals surface area contributed by atoms with Gasteiger partial charge in [0.05, 0.1) is 32.4 Å². The van der Waals surface area contributed by atoms with Crippen molar-refractivity contribution in [3.05, 3.63) is 12.7 Å². The molecule has 0 spiro atoms. The summed E-state index contributed by atoms with van der Waals surface area (Å²) in [6.45, 7) is 0.213. The third kappa shape index (κ3) is 19.2. The summed E-state index contributed by atoms with van der Waals surface area (Å²) in [5.41, 5.74) is 4.20. The molecule has 2 amide bonds. The molecule has 3 rings (SSSR count). The van der Waals surface area contributed by atoms with E-state index in [1.165, 1.54) is 13.8 Å². The molecular weight excluding hydrogens is 955 g/mol. The number of hydrogen-bond acceptors (Lipinski definition) is 22. The number of aromatic nitrogens is 4. The van der Waals surface area contributed by atoms with Gasteiger partial charge in [-0.05, 0) is 0 Å². The summed E-state index contributed by atoms with van der Waals surface area (Å²) in [7, 11) is -16.4. The zero-order valence-electron chi connectivity index (χ0n) is 33.3. The Bertz CT molecular complexity index is 2120. The summed E-state index contributed by atoms with van der Waals surface area (Å²) in [5, 5.41) is 58.5. The number of nitrogens with one attached hydrogen (secondary N) is 2. The van der Waals surface area contributed by atoms with E-state index >= 15 is 0 Å². The fourth-order valence-electron chi connectivity index (χ4n) is 4.83. The minimum Gasteiger partial charge on any atom is -0.481 e. The number of thioether (sulfide) groups is 1. The van der Waals surface area contributed by atoms with Gasteiger partial charge in [0.25, 0.3) is 0 Å². The van der Waals surface area contributed by atoms with E-state index in [9.17, 15) is 72.2 Å². The number of nitrogen functional groups attached to an aromatic ring is 1. The number of carbonyl (C=O) groups is 6. The summed E-state index contributed by atoms with van der Waals surface area (Å²) < 4.78 is 61.9. The van der Waals surface area contributed by atoms with Crippen LogP contribution in [-0.2, 0) is 65.1 Å². The molecule has 1 aliphatic rings. The van der Waals surface area contributed by atoms with Crippen molar-refractivity contribution in [1.29, 1.82) is 0 Å². The van der Waals surface area contributed by atoms with Crippen molar-refractivity contribution in [1.82, 2.24) is 30.2 Å². The third-order valence-electron chi connectivity index (χ3n) is 7.96. The zero-order chi connectivity index (χ0) is 48.8. The predicted octanol–water partition coefficient (Wildman–Crippen LogP) is -2.56. The minimum atomic E-state index is -5.59. The number of anilines is 1. The molecule has 2 aromatic rings. The van der Waals surface area contributed by atoms with E-state index in [4.69, 9.17) is 39.9 Å². The fourth-order valence-corrected chi connectivity index (χ4v) is 8.34. The number of aliphatic hydroxyl groups excluding tert-OH is 3. The maximum absolute atomic E-state index is 12.6. The molecule has 1 fully saturated rings. The second kappa shape index (κ2) is 24.5. The van der Waals surface area contributed by atoms with E-state index in [0.29, 0.717) is 0 Å². The Hall–Kier alpha value is -4.07. The number of ether oxygens (including phenoxy) is 1. The zero-order valence-corrected chi connectivity index (χ0v) is 36.8. The van der Waals surface area contributed by atoms with Gasteiger partial charge in [-0.1, -0.05) is 25.6 Å². The monoisotopic (exact) mass is 1000 g/mol. The van der Waals surface area contributed by atoms with E-state index in [1.807, 2.05) is 0 Å². The molecule has 0 radical (unpaired) electrons. The Kier molecular flexibility index (Phi) is 21.4. The van der Waals surface area contributed by atoms with E-state index in [1.54, 1.807) is 0 Å². The molecule has 1 saturated heterocycles. The molecule has 0 aliphatic carbocycles. The number of phosphoric acid groups is 3. The number of carbonyl (C=O) groups excluding carboxylic acids is 3. The van der Waals surface area contributed by atoms with Gasteiger partial charge in [-0.25, -0.2) is 33.4 Å². The molecule has 0 saturated carbocycles. The smallest absolute Gasteiger partial charge is 0.481 e. The molecule has 1 aliphatic heterocycles. The number of rotatable bonds is 25. The number of hydrogen-bond donors (Lipinski definition) is 13. The van der Waals surface area contributed by atoms with Crippen LogP contribution in [0.3, 0.4) is 0 Å². The normalized spacial score (nSPS) is 20.5. The summed E-state index contributed by atoms with van der Waals surface area (Å²) in [6, 6.07) is 0. The molecule has 64 heavy (non-hydrogen) atoms. The van der Waals surface area contributed by atoms with Crippen molar-refractivity contribution < 1.29 is 115 Å². The molecule has 0 bridgehead atoms. The van der Waals surface area contributed by atoms with Gasteiger partial charge in [-0.15, -0.1) is 0 Å². The SMILES string of the molecule is CC(C)(COP(=O)(O)OP(=O)(O)OC[C@H]1O[C@@H](n2cnc3c(N)ncnc32)[C@H](O)[C@@H]1OP(=O)(O)O)[C@@H](O)C(=O)NCCC(=O)NCCSC(=O)CCC(=O)O.O=C(O)C[C@H](O)C(=O)O. The number of phosphoric ester groups is 3. The molecule has 0 aromatic carbocycles. The van der Waals surface area contributed by atoms with Crippen LogP contribution in [-0.4, -0.2) is 167 Å². The molecule has 2 unspecified atom stereocenters. The molecule has 14 N–H and O–H groups in total. The second-order valence-electron chi connectivity index (χ2n) is 13.6. The largest absolute Gasteiger partial charge is 0.481 e. The molecule has 362 valence electrons. The van der Waals surface area contributed by atoms with Crippen LogP contribution in [0.1, 0.15) is 45.8 Å². The fraction of sp³-hybridized carbons (Fsp3) is 0.621. The lowest BCUT2D eigenvalue weighted by atomic mass is 9.87. The Labute approximate surface area is 364 Å². The van der Waals surface area contributed by atoms with Gasteiger partial charge in [0.15, 0.2) is 28.9 Å². The van der Waals surface area contributed by atoms with Crippen molar-refractivity contribution in [2.45, 2.75) is 76.3 Å². The van der Waals surface area contributed by atoms with Crippen molar-refractivity contribution in [2.24, 2.45) is 5.41 Å². The van der Waals surface area contributed by atoms with E-state index in [2.05, 4.69) is 34.4 Å². The first kappa shape index (κ1) is 56.1. The van der Waals surface area contributed by atoms with Crippen LogP contribution >= 0.6 is 35.2 Å². The number of aliphatic hydroxyl groups is 3. The van der Waals surface area contributed by atoms with E-state index in [-0.39, 0.29) is 60.2 Å². The van der Waals surface area contributed by atoms with E-state index in [0.717, 1.165) is 29.0 Å². The second-order valence-corrected chi connectivity index (χ2v) is 19.0. The highest BCUT2D eigenvalue weighted by molar-refractivity contribution is 8.13. The summed E-state index contributed by atoms with van der Waals surface area (Å²) in [4.78, 5) is 117. The highest BCUT2D eigenvalue weighted by atomic mass is 32.2. The average molecular weight is 1000 g/mol. The first-order chi connectivity index (χ1) is 29.4. The van der Waals surface area contributed by atoms with Gasteiger partial charge in [-0.2, -0.15) is 4.31 Å². The third-order valence-corrected chi connectivity index (χ3v) is 12.0. The Morgan fingerprint density at radius 2 is 1.56 bits per heavy atom. The van der Waals surface area contributed by atoms with Crippen LogP contribution in [0.5, 0.6) is 0 Å². The highest BCUT2D eigenvalue weighted by Gasteiger charge is 2.50. The Balaban J connectivity index is 0.00000140. The molecular formula is C29H46N7O24P3S. The molecule has 3 heterocycles. The van der Waals surface area contributed by atoms with Gasteiger partial charge >= 0.3 is 41.4 Å². The number of nitrogens with two attached hydrogens (primary N) is 1. The summed E-state index contributed by atoms with van der Waals surface area (Å²) in [5.74, 6) is -5.36. The van der Waals surface area contributed by atoms with Crippen LogP contribution in [0.2, 0.25) is 0 Å². The predicted molar refractivity (Wildman–Crippen MR) is 210 cm³/mol. The van der Waals surface area contributed by atoms with Crippen LogP contribution in [0.25, 0.3) is 11.2 Å². The number of nitrogens with zero attached hydrogens (tertiary/aromatic N) is 4. The summed E-state index contributed by atoms with van der Waals surface area (Å²) >= 11 is 0.849. The van der Waals surface area contributed by atoms with Crippen molar-refractivity contribution in [2.75, 3.05) is 37.8 Å². The van der Waals surface area contributed by atoms with Gasteiger partial charge in [0, 0.05) is 37.1 Å². The van der Waals surface area contributed by atoms with Gasteiger partial charge in [0.2, 0.25) is 11.8 Å². The number of carboxylic acid groups (broad SMARTS) is 3. The number of fused-ring (bicyclic) bond motifs is 1. The van der Waals surface area contributed by atoms with E-state index < -0.39 is 115 Å². The first-order valence-electron chi connectivity index (χ1n) is 17.8. The lowest BCUT2D eigenvalue weighted by molar-refractivity contribution is -0.152. The topological polar surface area (TPSA) is 496 Å². The number of imidazole rings is 1. The van der Waals surface area contributed by atoms with Crippen LogP contribution in [0.15, 0.2) is 12.7 Å². The summed E-state index contributed by atoms with van der Waals surface area (Å²) in [6.07, 6.45) is -10.1. The van der Waals surface area contributed by atoms with Crippen LogP contribution < -0.4 is 16.4 Å². The number of amides is 2.